The van der Waals surface area contributed by atoms with Gasteiger partial charge in [0.25, 0.3) is 0 Å². The Bertz CT molecular complexity index is 422. The van der Waals surface area contributed by atoms with Crippen LogP contribution in [0, 0.1) is 0 Å². The van der Waals surface area contributed by atoms with Crippen molar-refractivity contribution in [3.8, 4) is 0 Å². The maximum atomic E-state index is 5.65. The number of anilines is 1. The quantitative estimate of drug-likeness (QED) is 0.763. The van der Waals surface area contributed by atoms with Crippen molar-refractivity contribution >= 4 is 5.69 Å². The summed E-state index contributed by atoms with van der Waals surface area (Å²) in [5.74, 6) is 0.659. The zero-order valence-corrected chi connectivity index (χ0v) is 14.7. The van der Waals surface area contributed by atoms with Crippen molar-refractivity contribution < 1.29 is 4.74 Å². The second kappa shape index (κ2) is 8.54. The molecule has 1 heterocycles. The third-order valence-corrected chi connectivity index (χ3v) is 4.67. The van der Waals surface area contributed by atoms with Gasteiger partial charge in [0.1, 0.15) is 0 Å². The molecule has 124 valence electrons. The van der Waals surface area contributed by atoms with Gasteiger partial charge < -0.3 is 9.64 Å². The van der Waals surface area contributed by atoms with E-state index >= 15 is 0 Å². The third-order valence-electron chi connectivity index (χ3n) is 4.67. The van der Waals surface area contributed by atoms with Gasteiger partial charge in [0.05, 0.1) is 12.7 Å². The molecule has 2 rings (SSSR count). The van der Waals surface area contributed by atoms with Gasteiger partial charge in [-0.05, 0) is 43.9 Å². The Hall–Kier alpha value is -1.06. The molecule has 1 unspecified atom stereocenters. The SMILES string of the molecule is CCC(C)c1ccc(N2CCN(CCOC(C)C)CC2)cc1. The lowest BCUT2D eigenvalue weighted by Crippen LogP contribution is -2.47. The Balaban J connectivity index is 1.79. The van der Waals surface area contributed by atoms with Crippen LogP contribution in [0.2, 0.25) is 0 Å². The Labute approximate surface area is 136 Å². The van der Waals surface area contributed by atoms with Crippen molar-refractivity contribution in [1.29, 1.82) is 0 Å². The van der Waals surface area contributed by atoms with Crippen LogP contribution in [-0.4, -0.2) is 50.3 Å². The summed E-state index contributed by atoms with van der Waals surface area (Å²) in [5, 5.41) is 0. The van der Waals surface area contributed by atoms with Crippen molar-refractivity contribution in [3.63, 3.8) is 0 Å². The summed E-state index contributed by atoms with van der Waals surface area (Å²) in [7, 11) is 0. The molecule has 1 saturated heterocycles. The zero-order valence-electron chi connectivity index (χ0n) is 14.7. The van der Waals surface area contributed by atoms with Crippen molar-refractivity contribution in [3.05, 3.63) is 29.8 Å². The Morgan fingerprint density at radius 1 is 1.00 bits per heavy atom. The highest BCUT2D eigenvalue weighted by Gasteiger charge is 2.17. The molecule has 0 spiro atoms. The van der Waals surface area contributed by atoms with Gasteiger partial charge in [0.15, 0.2) is 0 Å². The molecule has 0 aliphatic carbocycles. The molecule has 22 heavy (non-hydrogen) atoms. The Morgan fingerprint density at radius 3 is 2.18 bits per heavy atom. The normalized spacial score (nSPS) is 18.0. The summed E-state index contributed by atoms with van der Waals surface area (Å²) in [6.45, 7) is 15.1. The van der Waals surface area contributed by atoms with E-state index in [1.165, 1.54) is 17.7 Å². The Kier molecular flexibility index (Phi) is 6.71. The van der Waals surface area contributed by atoms with Crippen LogP contribution in [-0.2, 0) is 4.74 Å². The maximum absolute atomic E-state index is 5.65. The number of piperazine rings is 1. The van der Waals surface area contributed by atoms with E-state index < -0.39 is 0 Å². The van der Waals surface area contributed by atoms with Gasteiger partial charge in [-0.25, -0.2) is 0 Å². The van der Waals surface area contributed by atoms with Gasteiger partial charge in [-0.3, -0.25) is 4.90 Å². The molecule has 1 atom stereocenters. The lowest BCUT2D eigenvalue weighted by Gasteiger charge is -2.36. The summed E-state index contributed by atoms with van der Waals surface area (Å²) < 4.78 is 5.65. The van der Waals surface area contributed by atoms with Crippen molar-refractivity contribution in [2.24, 2.45) is 0 Å². The monoisotopic (exact) mass is 304 g/mol. The molecule has 0 amide bonds. The van der Waals surface area contributed by atoms with E-state index in [0.29, 0.717) is 12.0 Å². The third kappa shape index (κ3) is 4.99. The van der Waals surface area contributed by atoms with Gasteiger partial charge in [-0.1, -0.05) is 26.0 Å². The molecule has 1 aromatic rings. The topological polar surface area (TPSA) is 15.7 Å². The fourth-order valence-electron chi connectivity index (χ4n) is 2.90. The van der Waals surface area contributed by atoms with E-state index in [-0.39, 0.29) is 0 Å². The van der Waals surface area contributed by atoms with Crippen molar-refractivity contribution in [2.75, 3.05) is 44.2 Å². The molecule has 1 aliphatic rings. The van der Waals surface area contributed by atoms with Crippen LogP contribution in [0.4, 0.5) is 5.69 Å². The highest BCUT2D eigenvalue weighted by atomic mass is 16.5. The molecule has 1 fully saturated rings. The number of nitrogens with zero attached hydrogens (tertiary/aromatic N) is 2. The van der Waals surface area contributed by atoms with Gasteiger partial charge in [-0.2, -0.15) is 0 Å². The van der Waals surface area contributed by atoms with Gasteiger partial charge in [-0.15, -0.1) is 0 Å². The molecule has 0 aromatic heterocycles. The van der Waals surface area contributed by atoms with Gasteiger partial charge in [0.2, 0.25) is 0 Å². The van der Waals surface area contributed by atoms with Crippen LogP contribution in [0.5, 0.6) is 0 Å². The van der Waals surface area contributed by atoms with Crippen LogP contribution >= 0.6 is 0 Å². The number of ether oxygens (including phenoxy) is 1. The summed E-state index contributed by atoms with van der Waals surface area (Å²) >= 11 is 0. The van der Waals surface area contributed by atoms with E-state index in [1.54, 1.807) is 0 Å². The minimum Gasteiger partial charge on any atom is -0.377 e. The molecule has 3 nitrogen and oxygen atoms in total. The molecule has 1 aromatic carbocycles. The van der Waals surface area contributed by atoms with E-state index in [0.717, 1.165) is 39.3 Å². The van der Waals surface area contributed by atoms with Crippen LogP contribution in [0.1, 0.15) is 45.6 Å². The minimum atomic E-state index is 0.338. The van der Waals surface area contributed by atoms with Crippen LogP contribution in [0.15, 0.2) is 24.3 Å². The molecule has 0 bridgehead atoms. The minimum absolute atomic E-state index is 0.338. The summed E-state index contributed by atoms with van der Waals surface area (Å²) in [4.78, 5) is 5.01. The van der Waals surface area contributed by atoms with E-state index in [2.05, 4.69) is 61.8 Å². The van der Waals surface area contributed by atoms with Crippen molar-refractivity contribution in [2.45, 2.75) is 46.1 Å². The molecule has 1 aliphatic heterocycles. The maximum Gasteiger partial charge on any atom is 0.0596 e. The average Bonchev–Trinajstić information content (AvgIpc) is 2.54. The molecular weight excluding hydrogens is 272 g/mol. The van der Waals surface area contributed by atoms with Gasteiger partial charge >= 0.3 is 0 Å². The van der Waals surface area contributed by atoms with Crippen molar-refractivity contribution in [1.82, 2.24) is 4.90 Å². The van der Waals surface area contributed by atoms with E-state index in [4.69, 9.17) is 4.74 Å². The van der Waals surface area contributed by atoms with E-state index in [1.807, 2.05) is 0 Å². The number of rotatable bonds is 7. The first-order valence-electron chi connectivity index (χ1n) is 8.79. The molecule has 3 heteroatoms. The van der Waals surface area contributed by atoms with Crippen LogP contribution in [0.25, 0.3) is 0 Å². The van der Waals surface area contributed by atoms with Crippen LogP contribution < -0.4 is 4.90 Å². The number of hydrogen-bond donors (Lipinski definition) is 0. The molecule has 0 saturated carbocycles. The standard InChI is InChI=1S/C19H32N2O/c1-5-17(4)18-6-8-19(9-7-18)21-12-10-20(11-13-21)14-15-22-16(2)3/h6-9,16-17H,5,10-15H2,1-4H3. The zero-order chi connectivity index (χ0) is 15.9. The summed E-state index contributed by atoms with van der Waals surface area (Å²) in [6.07, 6.45) is 1.54. The fourth-order valence-corrected chi connectivity index (χ4v) is 2.90. The predicted octanol–water partition coefficient (Wildman–Crippen LogP) is 3.75. The second-order valence-electron chi connectivity index (χ2n) is 6.65. The van der Waals surface area contributed by atoms with Crippen LogP contribution in [0.3, 0.4) is 0 Å². The largest absolute Gasteiger partial charge is 0.377 e. The predicted molar refractivity (Wildman–Crippen MR) is 94.9 cm³/mol. The Morgan fingerprint density at radius 2 is 1.64 bits per heavy atom. The number of benzene rings is 1. The first-order chi connectivity index (χ1) is 10.6. The lowest BCUT2D eigenvalue weighted by molar-refractivity contribution is 0.0579. The number of hydrogen-bond acceptors (Lipinski definition) is 3. The smallest absolute Gasteiger partial charge is 0.0596 e. The molecule has 0 radical (unpaired) electrons. The lowest BCUT2D eigenvalue weighted by atomic mass is 9.98. The van der Waals surface area contributed by atoms with Gasteiger partial charge in [0, 0.05) is 38.4 Å². The van der Waals surface area contributed by atoms with E-state index in [9.17, 15) is 0 Å². The molecule has 0 N–H and O–H groups in total. The highest BCUT2D eigenvalue weighted by molar-refractivity contribution is 5.48. The second-order valence-corrected chi connectivity index (χ2v) is 6.65. The highest BCUT2D eigenvalue weighted by Crippen LogP contribution is 2.23. The first kappa shape index (κ1) is 17.3. The average molecular weight is 304 g/mol. The summed E-state index contributed by atoms with van der Waals surface area (Å²) in [5.41, 5.74) is 2.82. The first-order valence-corrected chi connectivity index (χ1v) is 8.79. The summed E-state index contributed by atoms with van der Waals surface area (Å²) in [6, 6.07) is 9.18. The molecular formula is C19H32N2O. The fraction of sp³-hybridized carbons (Fsp3) is 0.684.